The van der Waals surface area contributed by atoms with Crippen LogP contribution in [-0.4, -0.2) is 33.9 Å². The zero-order valence-corrected chi connectivity index (χ0v) is 11.3. The van der Waals surface area contributed by atoms with Crippen molar-refractivity contribution in [1.29, 1.82) is 0 Å². The van der Waals surface area contributed by atoms with Gasteiger partial charge in [0, 0.05) is 23.5 Å². The lowest BCUT2D eigenvalue weighted by Crippen LogP contribution is -2.22. The fourth-order valence-corrected chi connectivity index (χ4v) is 2.44. The Morgan fingerprint density at radius 2 is 1.71 bits per heavy atom. The molecule has 0 spiro atoms. The van der Waals surface area contributed by atoms with Crippen molar-refractivity contribution in [2.24, 2.45) is 0 Å². The van der Waals surface area contributed by atoms with E-state index in [4.69, 9.17) is 4.74 Å². The number of nitrogens with zero attached hydrogens (tertiary/aromatic N) is 1. The third kappa shape index (κ3) is 1.69. The van der Waals surface area contributed by atoms with Gasteiger partial charge in [-0.2, -0.15) is 0 Å². The highest BCUT2D eigenvalue weighted by molar-refractivity contribution is 6.30. The Bertz CT molecular complexity index is 810. The molecule has 1 heterocycles. The van der Waals surface area contributed by atoms with Gasteiger partial charge in [-0.3, -0.25) is 14.6 Å². The Kier molecular flexibility index (Phi) is 2.69. The van der Waals surface area contributed by atoms with Crippen LogP contribution in [-0.2, 0) is 0 Å². The smallest absolute Gasteiger partial charge is 0.200 e. The second kappa shape index (κ2) is 4.31. The standard InChI is InChI=1S/C15H11NO5/c1-6-3-7-8(5-16-6)14(19)12-11(13(7)18)9(17)4-10(21-2)15(12)20/h3-5,17,20H,1-2H3. The van der Waals surface area contributed by atoms with Gasteiger partial charge in [-0.1, -0.05) is 0 Å². The van der Waals surface area contributed by atoms with E-state index < -0.39 is 23.1 Å². The number of aromatic hydroxyl groups is 2. The zero-order chi connectivity index (χ0) is 15.3. The van der Waals surface area contributed by atoms with Crippen molar-refractivity contribution in [3.8, 4) is 17.2 Å². The maximum absolute atomic E-state index is 12.5. The maximum atomic E-state index is 12.5. The number of phenols is 2. The van der Waals surface area contributed by atoms with E-state index in [0.717, 1.165) is 6.07 Å². The van der Waals surface area contributed by atoms with Crippen molar-refractivity contribution in [2.75, 3.05) is 7.11 Å². The molecule has 2 N–H and O–H groups in total. The van der Waals surface area contributed by atoms with Gasteiger partial charge in [0.2, 0.25) is 0 Å². The summed E-state index contributed by atoms with van der Waals surface area (Å²) in [6.45, 7) is 1.69. The lowest BCUT2D eigenvalue weighted by molar-refractivity contribution is 0.0973. The Balaban J connectivity index is 2.38. The zero-order valence-electron chi connectivity index (χ0n) is 11.3. The number of rotatable bonds is 1. The van der Waals surface area contributed by atoms with Gasteiger partial charge in [0.05, 0.1) is 23.8 Å². The number of carbonyl (C=O) groups excluding carboxylic acids is 2. The van der Waals surface area contributed by atoms with Gasteiger partial charge >= 0.3 is 0 Å². The molecule has 1 aliphatic carbocycles. The maximum Gasteiger partial charge on any atom is 0.200 e. The fourth-order valence-electron chi connectivity index (χ4n) is 2.44. The number of aromatic nitrogens is 1. The van der Waals surface area contributed by atoms with Crippen LogP contribution in [0.2, 0.25) is 0 Å². The first-order valence-corrected chi connectivity index (χ1v) is 6.14. The molecule has 21 heavy (non-hydrogen) atoms. The molecule has 0 atom stereocenters. The summed E-state index contributed by atoms with van der Waals surface area (Å²) in [7, 11) is 1.29. The topological polar surface area (TPSA) is 96.7 Å². The number of carbonyl (C=O) groups is 2. The summed E-state index contributed by atoms with van der Waals surface area (Å²) in [6, 6.07) is 2.59. The molecule has 1 aliphatic rings. The number of fused-ring (bicyclic) bond motifs is 2. The minimum absolute atomic E-state index is 0.0732. The number of hydrogen-bond donors (Lipinski definition) is 2. The number of phenolic OH excluding ortho intramolecular Hbond substituents is 2. The Morgan fingerprint density at radius 1 is 1.05 bits per heavy atom. The quantitative estimate of drug-likeness (QED) is 0.659. The molecule has 1 aromatic heterocycles. The van der Waals surface area contributed by atoms with Crippen LogP contribution in [0.1, 0.15) is 37.5 Å². The molecule has 0 unspecified atom stereocenters. The van der Waals surface area contributed by atoms with Crippen molar-refractivity contribution in [3.63, 3.8) is 0 Å². The molecule has 6 heteroatoms. The summed E-state index contributed by atoms with van der Waals surface area (Å²) in [5.41, 5.74) is 0.378. The largest absolute Gasteiger partial charge is 0.507 e. The van der Waals surface area contributed by atoms with Gasteiger partial charge in [-0.15, -0.1) is 0 Å². The summed E-state index contributed by atoms with van der Waals surface area (Å²) in [5.74, 6) is -2.04. The second-order valence-electron chi connectivity index (χ2n) is 4.73. The van der Waals surface area contributed by atoms with E-state index in [2.05, 4.69) is 4.98 Å². The molecule has 0 bridgehead atoms. The van der Waals surface area contributed by atoms with Gasteiger partial charge in [0.1, 0.15) is 5.75 Å². The molecule has 1 aromatic carbocycles. The molecule has 0 radical (unpaired) electrons. The van der Waals surface area contributed by atoms with Crippen LogP contribution in [0.5, 0.6) is 17.2 Å². The summed E-state index contributed by atoms with van der Waals surface area (Å²) in [6.07, 6.45) is 1.30. The normalized spacial score (nSPS) is 12.9. The fraction of sp³-hybridized carbons (Fsp3) is 0.133. The van der Waals surface area contributed by atoms with E-state index in [9.17, 15) is 19.8 Å². The number of ketones is 2. The van der Waals surface area contributed by atoms with E-state index in [1.165, 1.54) is 19.4 Å². The molecular formula is C15H11NO5. The minimum atomic E-state index is -0.571. The molecule has 0 aliphatic heterocycles. The number of hydrogen-bond acceptors (Lipinski definition) is 6. The summed E-state index contributed by atoms with van der Waals surface area (Å²) >= 11 is 0. The Hall–Kier alpha value is -2.89. The highest BCUT2D eigenvalue weighted by Crippen LogP contribution is 2.43. The second-order valence-corrected chi connectivity index (χ2v) is 4.73. The van der Waals surface area contributed by atoms with Crippen molar-refractivity contribution in [2.45, 2.75) is 6.92 Å². The van der Waals surface area contributed by atoms with Crippen LogP contribution in [0.25, 0.3) is 0 Å². The molecule has 0 fully saturated rings. The third-order valence-electron chi connectivity index (χ3n) is 3.45. The lowest BCUT2D eigenvalue weighted by atomic mass is 9.83. The predicted molar refractivity (Wildman–Crippen MR) is 72.2 cm³/mol. The van der Waals surface area contributed by atoms with Crippen LogP contribution >= 0.6 is 0 Å². The van der Waals surface area contributed by atoms with Crippen LogP contribution < -0.4 is 4.74 Å². The minimum Gasteiger partial charge on any atom is -0.507 e. The van der Waals surface area contributed by atoms with E-state index >= 15 is 0 Å². The monoisotopic (exact) mass is 285 g/mol. The van der Waals surface area contributed by atoms with Gasteiger partial charge in [-0.05, 0) is 13.0 Å². The number of aryl methyl sites for hydroxylation is 1. The lowest BCUT2D eigenvalue weighted by Gasteiger charge is -2.20. The molecular weight excluding hydrogens is 274 g/mol. The molecule has 106 valence electrons. The molecule has 0 saturated carbocycles. The molecule has 3 rings (SSSR count). The first-order chi connectivity index (χ1) is 9.95. The van der Waals surface area contributed by atoms with Crippen molar-refractivity contribution < 1.29 is 24.5 Å². The summed E-state index contributed by atoms with van der Waals surface area (Å²) in [5, 5.41) is 20.1. The number of methoxy groups -OCH3 is 1. The summed E-state index contributed by atoms with van der Waals surface area (Å²) in [4.78, 5) is 29.0. The SMILES string of the molecule is COc1cc(O)c2c(c1O)C(=O)c1cnc(C)cc1C2=O. The Morgan fingerprint density at radius 3 is 2.38 bits per heavy atom. The first kappa shape index (κ1) is 13.1. The predicted octanol–water partition coefficient (Wildman–Crippen LogP) is 1.59. The number of pyridine rings is 1. The highest BCUT2D eigenvalue weighted by Gasteiger charge is 2.36. The average Bonchev–Trinajstić information content (AvgIpc) is 2.46. The number of ether oxygens (including phenoxy) is 1. The van der Waals surface area contributed by atoms with Gasteiger partial charge in [-0.25, -0.2) is 0 Å². The van der Waals surface area contributed by atoms with Crippen molar-refractivity contribution in [3.05, 3.63) is 46.3 Å². The Labute approximate surface area is 119 Å². The van der Waals surface area contributed by atoms with Crippen LogP contribution in [0.4, 0.5) is 0 Å². The van der Waals surface area contributed by atoms with E-state index in [1.54, 1.807) is 6.92 Å². The van der Waals surface area contributed by atoms with Crippen molar-refractivity contribution >= 4 is 11.6 Å². The molecule has 0 amide bonds. The highest BCUT2D eigenvalue weighted by atomic mass is 16.5. The van der Waals surface area contributed by atoms with E-state index in [-0.39, 0.29) is 28.0 Å². The van der Waals surface area contributed by atoms with Crippen LogP contribution in [0.3, 0.4) is 0 Å². The van der Waals surface area contributed by atoms with Gasteiger partial charge in [0.25, 0.3) is 0 Å². The number of benzene rings is 1. The third-order valence-corrected chi connectivity index (χ3v) is 3.45. The van der Waals surface area contributed by atoms with Crippen LogP contribution in [0, 0.1) is 6.92 Å². The van der Waals surface area contributed by atoms with Crippen molar-refractivity contribution in [1.82, 2.24) is 4.98 Å². The van der Waals surface area contributed by atoms with Gasteiger partial charge in [0.15, 0.2) is 23.1 Å². The van der Waals surface area contributed by atoms with Gasteiger partial charge < -0.3 is 14.9 Å². The van der Waals surface area contributed by atoms with E-state index in [1.807, 2.05) is 0 Å². The molecule has 0 saturated heterocycles. The molecule has 2 aromatic rings. The van der Waals surface area contributed by atoms with Crippen LogP contribution in [0.15, 0.2) is 18.3 Å². The molecule has 6 nitrogen and oxygen atoms in total. The average molecular weight is 285 g/mol. The first-order valence-electron chi connectivity index (χ1n) is 6.14. The van der Waals surface area contributed by atoms with E-state index in [0.29, 0.717) is 5.69 Å². The summed E-state index contributed by atoms with van der Waals surface area (Å²) < 4.78 is 4.89.